The summed E-state index contributed by atoms with van der Waals surface area (Å²) in [6, 6.07) is 0. The van der Waals surface area contributed by atoms with Crippen molar-refractivity contribution < 1.29 is 17.3 Å². The highest BCUT2D eigenvalue weighted by atomic mass is 19.5. The van der Waals surface area contributed by atoms with E-state index in [0.29, 0.717) is 0 Å². The first-order chi connectivity index (χ1) is 8.83. The van der Waals surface area contributed by atoms with E-state index in [1.54, 1.807) is 0 Å². The summed E-state index contributed by atoms with van der Waals surface area (Å²) in [5, 5.41) is 0. The molecule has 0 unspecified atom stereocenters. The van der Waals surface area contributed by atoms with Gasteiger partial charge in [-0.1, -0.05) is 44.3 Å². The Labute approximate surface area is 113 Å². The van der Waals surface area contributed by atoms with Gasteiger partial charge in [-0.25, -0.2) is 0 Å². The van der Waals surface area contributed by atoms with Crippen molar-refractivity contribution in [1.29, 1.82) is 0 Å². The van der Waals surface area contributed by atoms with E-state index < -0.39 is 7.25 Å². The fourth-order valence-electron chi connectivity index (χ4n) is 1.70. The Balaban J connectivity index is 0.000000555. The van der Waals surface area contributed by atoms with Crippen molar-refractivity contribution in [2.45, 2.75) is 46.0 Å². The lowest BCUT2D eigenvalue weighted by molar-refractivity contribution is 0.368. The summed E-state index contributed by atoms with van der Waals surface area (Å²) < 4.78 is 39.0. The van der Waals surface area contributed by atoms with Gasteiger partial charge in [0.1, 0.15) is 0 Å². The van der Waals surface area contributed by atoms with Crippen LogP contribution in [0.5, 0.6) is 0 Å². The predicted molar refractivity (Wildman–Crippen MR) is 73.4 cm³/mol. The Bertz CT molecular complexity index is 281. The standard InChI is InChI=1S/C13H23N.BF4/c1-3-4-5-6-7-10-14-11-8-13(2)9-12-14;2-1(3,4)5/h8-9,11H,3-7,10,12H2,1-2H3;/q;-1. The van der Waals surface area contributed by atoms with Gasteiger partial charge in [0.25, 0.3) is 0 Å². The highest BCUT2D eigenvalue weighted by molar-refractivity contribution is 6.50. The van der Waals surface area contributed by atoms with Gasteiger partial charge in [-0.05, 0) is 25.6 Å². The van der Waals surface area contributed by atoms with E-state index in [0.717, 1.165) is 6.54 Å². The number of allylic oxidation sites excluding steroid dienone is 2. The van der Waals surface area contributed by atoms with Crippen LogP contribution in [0.3, 0.4) is 0 Å². The third kappa shape index (κ3) is 15.0. The second-order valence-electron chi connectivity index (χ2n) is 4.67. The normalized spacial score (nSPS) is 14.8. The molecule has 0 amide bonds. The number of hydrogen-bond donors (Lipinski definition) is 0. The second-order valence-corrected chi connectivity index (χ2v) is 4.67. The molecule has 0 aliphatic carbocycles. The number of rotatable bonds is 6. The molecular formula is C13H23BF4N-. The average molecular weight is 280 g/mol. The molecular weight excluding hydrogens is 257 g/mol. The molecule has 0 aromatic rings. The van der Waals surface area contributed by atoms with Crippen molar-refractivity contribution in [2.24, 2.45) is 0 Å². The van der Waals surface area contributed by atoms with Crippen LogP contribution in [0.2, 0.25) is 0 Å². The first-order valence-electron chi connectivity index (χ1n) is 6.79. The monoisotopic (exact) mass is 280 g/mol. The number of hydrogen-bond acceptors (Lipinski definition) is 1. The van der Waals surface area contributed by atoms with Gasteiger partial charge in [-0.2, -0.15) is 0 Å². The Morgan fingerprint density at radius 2 is 1.68 bits per heavy atom. The van der Waals surface area contributed by atoms with E-state index in [1.807, 2.05) is 0 Å². The Morgan fingerprint density at radius 3 is 2.16 bits per heavy atom. The van der Waals surface area contributed by atoms with Crippen molar-refractivity contribution in [2.75, 3.05) is 13.1 Å². The second kappa shape index (κ2) is 9.93. The molecule has 1 aliphatic heterocycles. The number of nitrogens with zero attached hydrogens (tertiary/aromatic N) is 1. The van der Waals surface area contributed by atoms with E-state index in [4.69, 9.17) is 0 Å². The molecule has 0 saturated carbocycles. The van der Waals surface area contributed by atoms with Gasteiger partial charge < -0.3 is 22.2 Å². The molecule has 6 heteroatoms. The van der Waals surface area contributed by atoms with Gasteiger partial charge in [0.2, 0.25) is 0 Å². The third-order valence-electron chi connectivity index (χ3n) is 2.74. The summed E-state index contributed by atoms with van der Waals surface area (Å²) in [5.41, 5.74) is 1.40. The van der Waals surface area contributed by atoms with E-state index in [1.165, 1.54) is 44.2 Å². The summed E-state index contributed by atoms with van der Waals surface area (Å²) >= 11 is 0. The van der Waals surface area contributed by atoms with Gasteiger partial charge in [-0.3, -0.25) is 0 Å². The molecule has 112 valence electrons. The van der Waals surface area contributed by atoms with Gasteiger partial charge >= 0.3 is 7.25 Å². The van der Waals surface area contributed by atoms with Crippen LogP contribution in [0.25, 0.3) is 0 Å². The van der Waals surface area contributed by atoms with Crippen molar-refractivity contribution in [3.05, 3.63) is 23.9 Å². The fraction of sp³-hybridized carbons (Fsp3) is 0.692. The molecule has 0 aromatic carbocycles. The van der Waals surface area contributed by atoms with Crippen LogP contribution in [0.4, 0.5) is 17.3 Å². The summed E-state index contributed by atoms with van der Waals surface area (Å²) in [6.45, 7) is 6.76. The maximum atomic E-state index is 9.75. The van der Waals surface area contributed by atoms with Crippen LogP contribution in [0, 0.1) is 0 Å². The molecule has 1 aliphatic rings. The number of unbranched alkanes of at least 4 members (excludes halogenated alkanes) is 4. The molecule has 0 N–H and O–H groups in total. The minimum atomic E-state index is -6.00. The molecule has 0 bridgehead atoms. The van der Waals surface area contributed by atoms with Crippen LogP contribution in [-0.4, -0.2) is 25.2 Å². The van der Waals surface area contributed by atoms with Crippen molar-refractivity contribution in [3.63, 3.8) is 0 Å². The van der Waals surface area contributed by atoms with E-state index in [-0.39, 0.29) is 0 Å². The molecule has 1 rings (SSSR count). The van der Waals surface area contributed by atoms with Gasteiger partial charge in [0.15, 0.2) is 0 Å². The molecule has 0 spiro atoms. The van der Waals surface area contributed by atoms with Crippen LogP contribution < -0.4 is 0 Å². The lowest BCUT2D eigenvalue weighted by atomic mass is 10.1. The van der Waals surface area contributed by atoms with Gasteiger partial charge in [0.05, 0.1) is 0 Å². The van der Waals surface area contributed by atoms with Crippen LogP contribution in [0.15, 0.2) is 23.9 Å². The summed E-state index contributed by atoms with van der Waals surface area (Å²) in [4.78, 5) is 2.40. The largest absolute Gasteiger partial charge is 0.673 e. The smallest absolute Gasteiger partial charge is 0.418 e. The summed E-state index contributed by atoms with van der Waals surface area (Å²) in [7, 11) is -6.00. The zero-order chi connectivity index (χ0) is 14.7. The molecule has 0 aromatic heterocycles. The van der Waals surface area contributed by atoms with Crippen LogP contribution >= 0.6 is 0 Å². The predicted octanol–water partition coefficient (Wildman–Crippen LogP) is 5.03. The maximum Gasteiger partial charge on any atom is 0.673 e. The maximum absolute atomic E-state index is 9.75. The van der Waals surface area contributed by atoms with Crippen molar-refractivity contribution >= 4 is 7.25 Å². The molecule has 0 radical (unpaired) electrons. The Morgan fingerprint density at radius 1 is 1.11 bits per heavy atom. The molecule has 0 saturated heterocycles. The van der Waals surface area contributed by atoms with Crippen LogP contribution in [-0.2, 0) is 0 Å². The van der Waals surface area contributed by atoms with Gasteiger partial charge in [-0.15, -0.1) is 0 Å². The highest BCUT2D eigenvalue weighted by Crippen LogP contribution is 2.09. The summed E-state index contributed by atoms with van der Waals surface area (Å²) in [5.74, 6) is 0. The van der Waals surface area contributed by atoms with E-state index in [2.05, 4.69) is 37.1 Å². The molecule has 1 heterocycles. The molecule has 19 heavy (non-hydrogen) atoms. The SMILES string of the molecule is CCCCCCCN1C=CC(C)=CC1.F[B-](F)(F)F. The lowest BCUT2D eigenvalue weighted by Gasteiger charge is -2.21. The van der Waals surface area contributed by atoms with E-state index in [9.17, 15) is 17.3 Å². The van der Waals surface area contributed by atoms with E-state index >= 15 is 0 Å². The Kier molecular flexibility index (Phi) is 9.44. The van der Waals surface area contributed by atoms with Crippen LogP contribution in [0.1, 0.15) is 46.0 Å². The Hall–Kier alpha value is -0.935. The quantitative estimate of drug-likeness (QED) is 0.374. The highest BCUT2D eigenvalue weighted by Gasteiger charge is 2.20. The number of halogens is 4. The first-order valence-corrected chi connectivity index (χ1v) is 6.79. The minimum Gasteiger partial charge on any atom is -0.418 e. The summed E-state index contributed by atoms with van der Waals surface area (Å²) in [6.07, 6.45) is 13.6. The van der Waals surface area contributed by atoms with Gasteiger partial charge in [0, 0.05) is 13.1 Å². The lowest BCUT2D eigenvalue weighted by Crippen LogP contribution is -2.20. The fourth-order valence-corrected chi connectivity index (χ4v) is 1.70. The molecule has 0 atom stereocenters. The third-order valence-corrected chi connectivity index (χ3v) is 2.74. The first kappa shape index (κ1) is 18.1. The average Bonchev–Trinajstić information content (AvgIpc) is 2.29. The molecule has 1 nitrogen and oxygen atoms in total. The van der Waals surface area contributed by atoms with Crippen molar-refractivity contribution in [1.82, 2.24) is 4.90 Å². The minimum absolute atomic E-state index is 1.11. The zero-order valence-corrected chi connectivity index (χ0v) is 11.7. The molecule has 0 fully saturated rings. The zero-order valence-electron chi connectivity index (χ0n) is 11.7. The van der Waals surface area contributed by atoms with Crippen molar-refractivity contribution in [3.8, 4) is 0 Å². The topological polar surface area (TPSA) is 3.24 Å².